The molecule has 0 fully saturated rings. The molecule has 0 unspecified atom stereocenters. The molecular weight excluding hydrogens is 238 g/mol. The van der Waals surface area contributed by atoms with E-state index >= 15 is 0 Å². The molecule has 0 aliphatic carbocycles. The summed E-state index contributed by atoms with van der Waals surface area (Å²) >= 11 is 1.90. The summed E-state index contributed by atoms with van der Waals surface area (Å²) in [6.45, 7) is 2.10. The van der Waals surface area contributed by atoms with Crippen molar-refractivity contribution in [3.05, 3.63) is 70.8 Å². The van der Waals surface area contributed by atoms with Gasteiger partial charge in [-0.25, -0.2) is 0 Å². The fourth-order valence-electron chi connectivity index (χ4n) is 1.65. The molecule has 0 spiro atoms. The van der Waals surface area contributed by atoms with Gasteiger partial charge >= 0.3 is 0 Å². The van der Waals surface area contributed by atoms with E-state index in [4.69, 9.17) is 5.26 Å². The summed E-state index contributed by atoms with van der Waals surface area (Å²) in [5, 5.41) is 8.72. The minimum absolute atomic E-state index is 0.724. The molecule has 1 nitrogen and oxygen atoms in total. The summed E-state index contributed by atoms with van der Waals surface area (Å²) in [7, 11) is 0. The van der Waals surface area contributed by atoms with Crippen molar-refractivity contribution in [2.75, 3.05) is 0 Å². The molecule has 0 radical (unpaired) electrons. The Morgan fingerprint density at radius 3 is 1.89 bits per heavy atom. The van der Waals surface area contributed by atoms with E-state index < -0.39 is 0 Å². The van der Waals surface area contributed by atoms with E-state index in [1.807, 2.05) is 36.0 Å². The lowest BCUT2D eigenvalue weighted by Gasteiger charge is -2.03. The largest absolute Gasteiger partial charge is 0.192 e. The highest BCUT2D eigenvalue weighted by Crippen LogP contribution is 2.18. The molecule has 2 aromatic rings. The summed E-state index contributed by atoms with van der Waals surface area (Å²) in [6.07, 6.45) is 0. The van der Waals surface area contributed by atoms with E-state index in [2.05, 4.69) is 37.3 Å². The Morgan fingerprint density at radius 2 is 1.39 bits per heavy atom. The van der Waals surface area contributed by atoms with Gasteiger partial charge in [-0.05, 0) is 30.2 Å². The van der Waals surface area contributed by atoms with Crippen LogP contribution in [0.4, 0.5) is 0 Å². The molecule has 90 valence electrons. The highest BCUT2D eigenvalue weighted by Gasteiger charge is 1.96. The third-order valence-corrected chi connectivity index (χ3v) is 3.82. The molecule has 2 aromatic carbocycles. The predicted molar refractivity (Wildman–Crippen MR) is 77.3 cm³/mol. The average molecular weight is 253 g/mol. The van der Waals surface area contributed by atoms with E-state index in [0.717, 1.165) is 17.1 Å². The predicted octanol–water partition coefficient (Wildman–Crippen LogP) is 4.30. The van der Waals surface area contributed by atoms with Crippen molar-refractivity contribution in [1.82, 2.24) is 0 Å². The van der Waals surface area contributed by atoms with Gasteiger partial charge in [-0.2, -0.15) is 17.0 Å². The quantitative estimate of drug-likeness (QED) is 0.811. The van der Waals surface area contributed by atoms with E-state index in [0.29, 0.717) is 0 Å². The number of thioether (sulfide) groups is 1. The van der Waals surface area contributed by atoms with Gasteiger partial charge in [0, 0.05) is 11.5 Å². The summed E-state index contributed by atoms with van der Waals surface area (Å²) in [6, 6.07) is 18.6. The van der Waals surface area contributed by atoms with E-state index in [1.165, 1.54) is 16.7 Å². The monoisotopic (exact) mass is 253 g/mol. The molecule has 0 saturated carbocycles. The van der Waals surface area contributed by atoms with Gasteiger partial charge in [-0.3, -0.25) is 0 Å². The second-order valence-corrected chi connectivity index (χ2v) is 5.27. The van der Waals surface area contributed by atoms with Gasteiger partial charge in [0.1, 0.15) is 0 Å². The van der Waals surface area contributed by atoms with Crippen molar-refractivity contribution >= 4 is 11.8 Å². The highest BCUT2D eigenvalue weighted by atomic mass is 32.2. The minimum atomic E-state index is 0.724. The van der Waals surface area contributed by atoms with Gasteiger partial charge < -0.3 is 0 Å². The van der Waals surface area contributed by atoms with Crippen molar-refractivity contribution in [1.29, 1.82) is 5.26 Å². The maximum absolute atomic E-state index is 8.72. The molecule has 0 aliphatic rings. The summed E-state index contributed by atoms with van der Waals surface area (Å²) in [5.41, 5.74) is 4.66. The van der Waals surface area contributed by atoms with Crippen molar-refractivity contribution in [3.63, 3.8) is 0 Å². The standard InChI is InChI=1S/C16H15NS/c1-13-2-4-15(5-3-13)11-18-12-16-8-6-14(10-17)7-9-16/h2-9H,11-12H2,1H3. The molecule has 0 bridgehead atoms. The molecule has 0 aliphatic heterocycles. The number of hydrogen-bond donors (Lipinski definition) is 0. The Labute approximate surface area is 112 Å². The fourth-order valence-corrected chi connectivity index (χ4v) is 2.60. The van der Waals surface area contributed by atoms with Gasteiger partial charge in [-0.1, -0.05) is 42.0 Å². The molecule has 0 atom stereocenters. The fraction of sp³-hybridized carbons (Fsp3) is 0.188. The van der Waals surface area contributed by atoms with Crippen LogP contribution in [0.25, 0.3) is 0 Å². The molecule has 0 amide bonds. The molecule has 2 rings (SSSR count). The van der Waals surface area contributed by atoms with Crippen LogP contribution < -0.4 is 0 Å². The summed E-state index contributed by atoms with van der Waals surface area (Å²) in [5.74, 6) is 2.01. The second-order valence-electron chi connectivity index (χ2n) is 4.29. The van der Waals surface area contributed by atoms with Gasteiger partial charge in [0.05, 0.1) is 11.6 Å². The smallest absolute Gasteiger partial charge is 0.0991 e. The van der Waals surface area contributed by atoms with E-state index in [-0.39, 0.29) is 0 Å². The zero-order valence-corrected chi connectivity index (χ0v) is 11.2. The molecule has 0 heterocycles. The van der Waals surface area contributed by atoms with Crippen molar-refractivity contribution in [3.8, 4) is 6.07 Å². The van der Waals surface area contributed by atoms with Gasteiger partial charge in [0.2, 0.25) is 0 Å². The van der Waals surface area contributed by atoms with Crippen LogP contribution in [0.3, 0.4) is 0 Å². The third kappa shape index (κ3) is 3.65. The number of hydrogen-bond acceptors (Lipinski definition) is 2. The van der Waals surface area contributed by atoms with Crippen LogP contribution in [0.2, 0.25) is 0 Å². The molecule has 2 heteroatoms. The van der Waals surface area contributed by atoms with Crippen molar-refractivity contribution < 1.29 is 0 Å². The van der Waals surface area contributed by atoms with Crippen LogP contribution in [-0.2, 0) is 11.5 Å². The minimum Gasteiger partial charge on any atom is -0.192 e. The van der Waals surface area contributed by atoms with E-state index in [1.54, 1.807) is 0 Å². The maximum Gasteiger partial charge on any atom is 0.0991 e. The first-order valence-corrected chi connectivity index (χ1v) is 7.06. The topological polar surface area (TPSA) is 23.8 Å². The molecular formula is C16H15NS. The van der Waals surface area contributed by atoms with Gasteiger partial charge in [0.15, 0.2) is 0 Å². The normalized spacial score (nSPS) is 10.0. The number of benzene rings is 2. The number of rotatable bonds is 4. The van der Waals surface area contributed by atoms with Crippen LogP contribution in [0, 0.1) is 18.3 Å². The van der Waals surface area contributed by atoms with Gasteiger partial charge in [0.25, 0.3) is 0 Å². The number of nitriles is 1. The first-order valence-electron chi connectivity index (χ1n) is 5.90. The van der Waals surface area contributed by atoms with Crippen LogP contribution >= 0.6 is 11.8 Å². The summed E-state index contributed by atoms with van der Waals surface area (Å²) < 4.78 is 0. The molecule has 0 saturated heterocycles. The first kappa shape index (κ1) is 12.7. The molecule has 18 heavy (non-hydrogen) atoms. The Morgan fingerprint density at radius 1 is 0.889 bits per heavy atom. The lowest BCUT2D eigenvalue weighted by molar-refractivity contribution is 1.34. The van der Waals surface area contributed by atoms with Crippen molar-refractivity contribution in [2.45, 2.75) is 18.4 Å². The zero-order chi connectivity index (χ0) is 12.8. The molecule has 0 N–H and O–H groups in total. The SMILES string of the molecule is Cc1ccc(CSCc2ccc(C#N)cc2)cc1. The highest BCUT2D eigenvalue weighted by molar-refractivity contribution is 7.97. The zero-order valence-electron chi connectivity index (χ0n) is 10.4. The van der Waals surface area contributed by atoms with Gasteiger partial charge in [-0.15, -0.1) is 0 Å². The Kier molecular flexibility index (Phi) is 4.44. The summed E-state index contributed by atoms with van der Waals surface area (Å²) in [4.78, 5) is 0. The third-order valence-electron chi connectivity index (χ3n) is 2.74. The Bertz CT molecular complexity index is 535. The first-order chi connectivity index (χ1) is 8.78. The Hall–Kier alpha value is -1.72. The van der Waals surface area contributed by atoms with E-state index in [9.17, 15) is 0 Å². The lowest BCUT2D eigenvalue weighted by atomic mass is 10.2. The van der Waals surface area contributed by atoms with Crippen LogP contribution in [0.15, 0.2) is 48.5 Å². The molecule has 0 aromatic heterocycles. The number of aryl methyl sites for hydroxylation is 1. The number of nitrogens with zero attached hydrogens (tertiary/aromatic N) is 1. The van der Waals surface area contributed by atoms with Crippen LogP contribution in [-0.4, -0.2) is 0 Å². The van der Waals surface area contributed by atoms with Crippen molar-refractivity contribution in [2.24, 2.45) is 0 Å². The second kappa shape index (κ2) is 6.28. The lowest BCUT2D eigenvalue weighted by Crippen LogP contribution is -1.84. The average Bonchev–Trinajstić information content (AvgIpc) is 2.42. The van der Waals surface area contributed by atoms with Crippen LogP contribution in [0.1, 0.15) is 22.3 Å². The Balaban J connectivity index is 1.84. The maximum atomic E-state index is 8.72. The van der Waals surface area contributed by atoms with Crippen LogP contribution in [0.5, 0.6) is 0 Å².